The predicted octanol–water partition coefficient (Wildman–Crippen LogP) is 5.43. The molecule has 5 nitrogen and oxygen atoms in total. The number of thioether (sulfide) groups is 1. The number of hydrogen-bond acceptors (Lipinski definition) is 4. The first kappa shape index (κ1) is 19.3. The average molecular weight is 407 g/mol. The van der Waals surface area contributed by atoms with Crippen molar-refractivity contribution >= 4 is 35.0 Å². The van der Waals surface area contributed by atoms with Gasteiger partial charge in [-0.25, -0.2) is 0 Å². The number of nitrogens with one attached hydrogen (secondary N) is 1. The van der Waals surface area contributed by atoms with E-state index in [0.29, 0.717) is 17.4 Å². The van der Waals surface area contributed by atoms with Gasteiger partial charge in [-0.05, 0) is 53.4 Å². The number of furan rings is 1. The van der Waals surface area contributed by atoms with Crippen molar-refractivity contribution in [3.8, 4) is 0 Å². The van der Waals surface area contributed by atoms with Crippen LogP contribution in [0.5, 0.6) is 0 Å². The summed E-state index contributed by atoms with van der Waals surface area (Å²) in [6.45, 7) is 4.30. The molecule has 148 valence electrons. The van der Waals surface area contributed by atoms with E-state index >= 15 is 0 Å². The molecule has 2 aromatic carbocycles. The van der Waals surface area contributed by atoms with Crippen molar-refractivity contribution in [1.82, 2.24) is 0 Å². The van der Waals surface area contributed by atoms with Crippen LogP contribution in [0.1, 0.15) is 46.8 Å². The molecule has 1 N–H and O–H groups in total. The summed E-state index contributed by atoms with van der Waals surface area (Å²) in [5.41, 5.74) is 3.76. The maximum absolute atomic E-state index is 12.6. The van der Waals surface area contributed by atoms with Crippen molar-refractivity contribution < 1.29 is 14.0 Å². The predicted molar refractivity (Wildman–Crippen MR) is 116 cm³/mol. The highest BCUT2D eigenvalue weighted by Gasteiger charge is 2.34. The van der Waals surface area contributed by atoms with Gasteiger partial charge in [-0.2, -0.15) is 0 Å². The fourth-order valence-electron chi connectivity index (χ4n) is 3.34. The van der Waals surface area contributed by atoms with Crippen LogP contribution in [0.2, 0.25) is 0 Å². The summed E-state index contributed by atoms with van der Waals surface area (Å²) in [4.78, 5) is 26.7. The average Bonchev–Trinajstić information content (AvgIpc) is 3.38. The normalized spacial score (nSPS) is 16.4. The molecule has 4 rings (SSSR count). The first-order valence-corrected chi connectivity index (χ1v) is 10.6. The summed E-state index contributed by atoms with van der Waals surface area (Å²) >= 11 is 1.59. The van der Waals surface area contributed by atoms with Crippen LogP contribution in [-0.2, 0) is 4.79 Å². The minimum Gasteiger partial charge on any atom is -0.459 e. The van der Waals surface area contributed by atoms with Gasteiger partial charge in [-0.3, -0.25) is 14.5 Å². The number of nitrogens with zero attached hydrogens (tertiary/aromatic N) is 1. The van der Waals surface area contributed by atoms with Crippen LogP contribution in [0.15, 0.2) is 71.3 Å². The monoisotopic (exact) mass is 406 g/mol. The van der Waals surface area contributed by atoms with Crippen LogP contribution >= 0.6 is 11.8 Å². The second kappa shape index (κ2) is 8.17. The zero-order chi connectivity index (χ0) is 20.4. The third-order valence-corrected chi connectivity index (χ3v) is 6.09. The Bertz CT molecular complexity index is 1010. The molecule has 1 aromatic heterocycles. The molecule has 29 heavy (non-hydrogen) atoms. The fourth-order valence-corrected chi connectivity index (χ4v) is 4.51. The van der Waals surface area contributed by atoms with Crippen LogP contribution in [0.4, 0.5) is 11.4 Å². The van der Waals surface area contributed by atoms with Crippen molar-refractivity contribution in [3.05, 3.63) is 83.8 Å². The van der Waals surface area contributed by atoms with Gasteiger partial charge in [0.25, 0.3) is 5.91 Å². The Morgan fingerprint density at radius 2 is 1.93 bits per heavy atom. The highest BCUT2D eigenvalue weighted by atomic mass is 32.2. The van der Waals surface area contributed by atoms with Gasteiger partial charge in [0, 0.05) is 11.4 Å². The number of carbonyl (C=O) groups excluding carboxylic acids is 2. The zero-order valence-electron chi connectivity index (χ0n) is 16.3. The molecule has 1 aliphatic heterocycles. The van der Waals surface area contributed by atoms with Gasteiger partial charge in [0.15, 0.2) is 5.76 Å². The number of hydrogen-bond donors (Lipinski definition) is 1. The molecule has 1 aliphatic rings. The van der Waals surface area contributed by atoms with E-state index in [-0.39, 0.29) is 22.9 Å². The van der Waals surface area contributed by atoms with Gasteiger partial charge in [-0.15, -0.1) is 11.8 Å². The standard InChI is InChI=1S/C23H22N2O3S/c1-15(2)16-8-10-19(11-9-16)25-21(26)14-29-23(25)17-5-3-6-18(13-17)24-22(27)20-7-4-12-28-20/h3-13,15,23H,14H2,1-2H3,(H,24,27)/t23-/m0/s1. The highest BCUT2D eigenvalue weighted by Crippen LogP contribution is 2.42. The molecule has 0 aliphatic carbocycles. The molecule has 1 saturated heterocycles. The number of benzene rings is 2. The molecule has 0 unspecified atom stereocenters. The van der Waals surface area contributed by atoms with Crippen molar-refractivity contribution in [2.24, 2.45) is 0 Å². The summed E-state index contributed by atoms with van der Waals surface area (Å²) in [6, 6.07) is 19.1. The second-order valence-electron chi connectivity index (χ2n) is 7.23. The van der Waals surface area contributed by atoms with E-state index in [2.05, 4.69) is 31.3 Å². The molecule has 0 saturated carbocycles. The van der Waals surface area contributed by atoms with Gasteiger partial charge in [0.05, 0.1) is 12.0 Å². The highest BCUT2D eigenvalue weighted by molar-refractivity contribution is 8.00. The Balaban J connectivity index is 1.58. The van der Waals surface area contributed by atoms with Crippen molar-refractivity contribution in [1.29, 1.82) is 0 Å². The molecule has 0 radical (unpaired) electrons. The first-order valence-electron chi connectivity index (χ1n) is 9.51. The molecule has 0 spiro atoms. The lowest BCUT2D eigenvalue weighted by molar-refractivity contribution is -0.115. The van der Waals surface area contributed by atoms with Gasteiger partial charge < -0.3 is 9.73 Å². The van der Waals surface area contributed by atoms with Gasteiger partial charge in [-0.1, -0.05) is 38.1 Å². The van der Waals surface area contributed by atoms with E-state index in [1.807, 2.05) is 41.3 Å². The molecule has 1 fully saturated rings. The second-order valence-corrected chi connectivity index (χ2v) is 8.30. The van der Waals surface area contributed by atoms with Gasteiger partial charge in [0.2, 0.25) is 5.91 Å². The van der Waals surface area contributed by atoms with E-state index in [9.17, 15) is 9.59 Å². The fraction of sp³-hybridized carbons (Fsp3) is 0.217. The van der Waals surface area contributed by atoms with Crippen LogP contribution in [0, 0.1) is 0 Å². The summed E-state index contributed by atoms with van der Waals surface area (Å²) in [5, 5.41) is 2.72. The van der Waals surface area contributed by atoms with Gasteiger partial charge in [0.1, 0.15) is 5.37 Å². The number of rotatable bonds is 5. The van der Waals surface area contributed by atoms with Crippen LogP contribution in [0.3, 0.4) is 0 Å². The smallest absolute Gasteiger partial charge is 0.291 e. The summed E-state index contributed by atoms with van der Waals surface area (Å²) < 4.78 is 5.14. The zero-order valence-corrected chi connectivity index (χ0v) is 17.1. The maximum atomic E-state index is 12.6. The third-order valence-electron chi connectivity index (χ3n) is 4.88. The maximum Gasteiger partial charge on any atom is 0.291 e. The molecule has 1 atom stereocenters. The molecule has 3 aromatic rings. The van der Waals surface area contributed by atoms with E-state index < -0.39 is 0 Å². The van der Waals surface area contributed by atoms with E-state index in [0.717, 1.165) is 11.3 Å². The SMILES string of the molecule is CC(C)c1ccc(N2C(=O)CS[C@H]2c2cccc(NC(=O)c3ccco3)c2)cc1. The molecule has 0 bridgehead atoms. The van der Waals surface area contributed by atoms with Crippen molar-refractivity contribution in [3.63, 3.8) is 0 Å². The largest absolute Gasteiger partial charge is 0.459 e. The first-order chi connectivity index (χ1) is 14.0. The lowest BCUT2D eigenvalue weighted by Crippen LogP contribution is -2.27. The Labute approximate surface area is 174 Å². The molecular formula is C23H22N2O3S. The summed E-state index contributed by atoms with van der Waals surface area (Å²) in [7, 11) is 0. The van der Waals surface area contributed by atoms with E-state index in [1.165, 1.54) is 11.8 Å². The molecule has 2 amide bonds. The third kappa shape index (κ3) is 4.07. The number of carbonyl (C=O) groups is 2. The Morgan fingerprint density at radius 3 is 2.62 bits per heavy atom. The van der Waals surface area contributed by atoms with Crippen LogP contribution in [0.25, 0.3) is 0 Å². The molecule has 2 heterocycles. The Kier molecular flexibility index (Phi) is 5.45. The van der Waals surface area contributed by atoms with E-state index in [4.69, 9.17) is 4.42 Å². The van der Waals surface area contributed by atoms with Crippen LogP contribution in [-0.4, -0.2) is 17.6 Å². The Morgan fingerprint density at radius 1 is 1.14 bits per heavy atom. The molecule has 6 heteroatoms. The molecular weight excluding hydrogens is 384 g/mol. The topological polar surface area (TPSA) is 62.6 Å². The van der Waals surface area contributed by atoms with Crippen molar-refractivity contribution in [2.75, 3.05) is 16.0 Å². The lowest BCUT2D eigenvalue weighted by Gasteiger charge is -2.25. The van der Waals surface area contributed by atoms with E-state index in [1.54, 1.807) is 23.9 Å². The van der Waals surface area contributed by atoms with Crippen molar-refractivity contribution in [2.45, 2.75) is 25.1 Å². The van der Waals surface area contributed by atoms with Crippen LogP contribution < -0.4 is 10.2 Å². The summed E-state index contributed by atoms with van der Waals surface area (Å²) in [5.74, 6) is 0.913. The number of anilines is 2. The lowest BCUT2D eigenvalue weighted by atomic mass is 10.0. The Hall–Kier alpha value is -2.99. The van der Waals surface area contributed by atoms with Gasteiger partial charge >= 0.3 is 0 Å². The number of amides is 2. The minimum atomic E-state index is -0.302. The quantitative estimate of drug-likeness (QED) is 0.613. The summed E-state index contributed by atoms with van der Waals surface area (Å²) in [6.07, 6.45) is 1.47. The minimum absolute atomic E-state index is 0.0855.